The van der Waals surface area contributed by atoms with Crippen molar-refractivity contribution in [3.8, 4) is 23.3 Å². The maximum atomic E-state index is 14.9. The molecule has 4 aromatic rings. The van der Waals surface area contributed by atoms with E-state index in [1.165, 1.54) is 29.1 Å². The molecule has 3 heterocycles. The molecule has 43 heavy (non-hydrogen) atoms. The molecule has 0 radical (unpaired) electrons. The van der Waals surface area contributed by atoms with Gasteiger partial charge in [-0.25, -0.2) is 18.1 Å². The van der Waals surface area contributed by atoms with Gasteiger partial charge < -0.3 is 19.2 Å². The molecule has 0 amide bonds. The van der Waals surface area contributed by atoms with E-state index in [1.54, 1.807) is 16.4 Å². The molecule has 1 aromatic heterocycles. The molecule has 12 heteroatoms. The zero-order valence-corrected chi connectivity index (χ0v) is 23.9. The number of hydrogen-bond acceptors (Lipinski definition) is 9. The van der Waals surface area contributed by atoms with Gasteiger partial charge in [0, 0.05) is 49.9 Å². The van der Waals surface area contributed by atoms with Crippen molar-refractivity contribution in [2.75, 3.05) is 35.8 Å². The molecule has 0 spiro atoms. The fourth-order valence-corrected chi connectivity index (χ4v) is 6.21. The van der Waals surface area contributed by atoms with Gasteiger partial charge in [-0.2, -0.15) is 5.26 Å². The minimum atomic E-state index is -0.903. The highest BCUT2D eigenvalue weighted by molar-refractivity contribution is 7.98. The molecule has 220 valence electrons. The lowest BCUT2D eigenvalue weighted by molar-refractivity contribution is -0.111. The number of benzene rings is 3. The fourth-order valence-electron chi connectivity index (χ4n) is 5.38. The molecule has 0 bridgehead atoms. The highest BCUT2D eigenvalue weighted by atomic mass is 32.2. The number of carbonyl (C=O) groups is 1. The van der Waals surface area contributed by atoms with Gasteiger partial charge in [0.15, 0.2) is 11.6 Å². The first-order valence-electron chi connectivity index (χ1n) is 14.0. The van der Waals surface area contributed by atoms with Gasteiger partial charge in [-0.1, -0.05) is 0 Å². The second kappa shape index (κ2) is 12.4. The monoisotopic (exact) mass is 602 g/mol. The second-order valence-electron chi connectivity index (χ2n) is 10.6. The van der Waals surface area contributed by atoms with Crippen LogP contribution in [-0.4, -0.2) is 52.5 Å². The van der Waals surface area contributed by atoms with Crippen LogP contribution in [0.1, 0.15) is 24.8 Å². The zero-order valence-electron chi connectivity index (χ0n) is 23.1. The number of rotatable bonds is 8. The Bertz CT molecular complexity index is 1760. The number of carbonyl (C=O) groups excluding carboxylic acids is 1. The molecular weight excluding hydrogens is 574 g/mol. The van der Waals surface area contributed by atoms with Crippen LogP contribution in [0.25, 0.3) is 16.6 Å². The van der Waals surface area contributed by atoms with E-state index >= 15 is 0 Å². The lowest BCUT2D eigenvalue weighted by Crippen LogP contribution is -2.35. The SMILES string of the molecule is N#Cc1c(NSN2CCC(F)C2)ccc(F)c1Oc1ccc2ncn(-c3ccc(N4CCCC(C=O)C4)cc3)c(=O)c2c1. The Morgan fingerprint density at radius 1 is 1.07 bits per heavy atom. The summed E-state index contributed by atoms with van der Waals surface area (Å²) in [6.07, 6.45) is 3.84. The lowest BCUT2D eigenvalue weighted by Gasteiger charge is -2.32. The maximum absolute atomic E-state index is 14.9. The molecule has 2 unspecified atom stereocenters. The first-order chi connectivity index (χ1) is 20.9. The van der Waals surface area contributed by atoms with Crippen molar-refractivity contribution in [3.63, 3.8) is 0 Å². The summed E-state index contributed by atoms with van der Waals surface area (Å²) < 4.78 is 40.5. The Kier molecular flexibility index (Phi) is 8.26. The second-order valence-corrected chi connectivity index (χ2v) is 11.5. The van der Waals surface area contributed by atoms with Crippen LogP contribution in [0, 0.1) is 23.1 Å². The molecule has 2 atom stereocenters. The number of fused-ring (bicyclic) bond motifs is 1. The number of alkyl halides is 1. The number of aldehydes is 1. The zero-order chi connectivity index (χ0) is 29.9. The predicted octanol–water partition coefficient (Wildman–Crippen LogP) is 5.62. The molecule has 0 aliphatic carbocycles. The molecule has 3 aromatic carbocycles. The largest absolute Gasteiger partial charge is 0.453 e. The third kappa shape index (κ3) is 6.04. The number of aromatic nitrogens is 2. The number of nitrogens with one attached hydrogen (secondary N) is 1. The standard InChI is InChI=1S/C31H28F2N6O3S/c32-21-11-13-38(17-21)43-36-29-10-8-27(33)30(26(29)15-34)42-24-7-9-28-25(14-24)31(41)39(19-35-28)23-5-3-22(4-6-23)37-12-1-2-20(16-37)18-40/h3-10,14,18-21,36H,1-2,11-13,16-17H2. The van der Waals surface area contributed by atoms with Crippen LogP contribution < -0.4 is 19.9 Å². The minimum absolute atomic E-state index is 0.0212. The Labute approximate surface area is 251 Å². The molecule has 9 nitrogen and oxygen atoms in total. The average molecular weight is 603 g/mol. The molecule has 0 saturated carbocycles. The van der Waals surface area contributed by atoms with Crippen LogP contribution in [0.15, 0.2) is 65.7 Å². The van der Waals surface area contributed by atoms with Crippen LogP contribution in [0.5, 0.6) is 11.5 Å². The van der Waals surface area contributed by atoms with Gasteiger partial charge >= 0.3 is 0 Å². The van der Waals surface area contributed by atoms with Crippen LogP contribution in [-0.2, 0) is 4.79 Å². The van der Waals surface area contributed by atoms with Gasteiger partial charge in [-0.15, -0.1) is 0 Å². The van der Waals surface area contributed by atoms with Crippen molar-refractivity contribution < 1.29 is 18.3 Å². The van der Waals surface area contributed by atoms with Crippen LogP contribution in [0.4, 0.5) is 20.2 Å². The van der Waals surface area contributed by atoms with Crippen LogP contribution in [0.2, 0.25) is 0 Å². The summed E-state index contributed by atoms with van der Waals surface area (Å²) in [7, 11) is 0. The normalized spacial score (nSPS) is 18.9. The minimum Gasteiger partial charge on any atom is -0.453 e. The lowest BCUT2D eigenvalue weighted by atomic mass is 9.99. The Morgan fingerprint density at radius 2 is 1.88 bits per heavy atom. The average Bonchev–Trinajstić information content (AvgIpc) is 3.46. The summed E-state index contributed by atoms with van der Waals surface area (Å²) >= 11 is 1.15. The number of piperidine rings is 1. The van der Waals surface area contributed by atoms with E-state index in [0.717, 1.165) is 43.5 Å². The molecule has 2 fully saturated rings. The Balaban J connectivity index is 1.25. The van der Waals surface area contributed by atoms with Crippen molar-refractivity contribution in [1.82, 2.24) is 13.9 Å². The van der Waals surface area contributed by atoms with Gasteiger partial charge in [-0.3, -0.25) is 9.36 Å². The van der Waals surface area contributed by atoms with Crippen molar-refractivity contribution in [2.45, 2.75) is 25.4 Å². The predicted molar refractivity (Wildman–Crippen MR) is 162 cm³/mol. The third-order valence-electron chi connectivity index (χ3n) is 7.69. The van der Waals surface area contributed by atoms with E-state index in [0.29, 0.717) is 36.4 Å². The fraction of sp³-hybridized carbons (Fsp3) is 0.290. The van der Waals surface area contributed by atoms with Crippen molar-refractivity contribution in [1.29, 1.82) is 5.26 Å². The molecular formula is C31H28F2N6O3S. The summed E-state index contributed by atoms with van der Waals surface area (Å²) in [5.74, 6) is -0.845. The molecule has 2 aliphatic heterocycles. The molecule has 6 rings (SSSR count). The number of anilines is 2. The smallest absolute Gasteiger partial charge is 0.265 e. The van der Waals surface area contributed by atoms with Crippen LogP contribution in [0.3, 0.4) is 0 Å². The number of nitrogens with zero attached hydrogens (tertiary/aromatic N) is 5. The van der Waals surface area contributed by atoms with Crippen molar-refractivity contribution >= 4 is 40.7 Å². The summed E-state index contributed by atoms with van der Waals surface area (Å²) in [6, 6.07) is 16.7. The van der Waals surface area contributed by atoms with Crippen molar-refractivity contribution in [3.05, 3.63) is 82.7 Å². The highest BCUT2D eigenvalue weighted by Gasteiger charge is 2.24. The van der Waals surface area contributed by atoms with E-state index in [2.05, 4.69) is 14.6 Å². The van der Waals surface area contributed by atoms with Gasteiger partial charge in [0.25, 0.3) is 5.56 Å². The first kappa shape index (κ1) is 28.6. The van der Waals surface area contributed by atoms with E-state index in [-0.39, 0.29) is 40.5 Å². The van der Waals surface area contributed by atoms with Gasteiger partial charge in [0.1, 0.15) is 36.2 Å². The third-order valence-corrected chi connectivity index (χ3v) is 8.59. The molecule has 2 saturated heterocycles. The van der Waals surface area contributed by atoms with Gasteiger partial charge in [-0.05, 0) is 73.9 Å². The van der Waals surface area contributed by atoms with E-state index in [9.17, 15) is 23.6 Å². The first-order valence-corrected chi connectivity index (χ1v) is 14.8. The van der Waals surface area contributed by atoms with E-state index < -0.39 is 12.0 Å². The van der Waals surface area contributed by atoms with E-state index in [1.807, 2.05) is 30.3 Å². The Hall–Kier alpha value is -4.47. The highest BCUT2D eigenvalue weighted by Crippen LogP contribution is 2.35. The molecule has 1 N–H and O–H groups in total. The Morgan fingerprint density at radius 3 is 2.63 bits per heavy atom. The summed E-state index contributed by atoms with van der Waals surface area (Å²) in [5.41, 5.74) is 1.95. The molecule has 2 aliphatic rings. The summed E-state index contributed by atoms with van der Waals surface area (Å²) in [6.45, 7) is 2.36. The number of ether oxygens (including phenoxy) is 1. The van der Waals surface area contributed by atoms with Gasteiger partial charge in [0.2, 0.25) is 0 Å². The number of halogens is 2. The number of nitriles is 1. The summed E-state index contributed by atoms with van der Waals surface area (Å²) in [5, 5.41) is 10.1. The number of hydrogen-bond donors (Lipinski definition) is 1. The quantitative estimate of drug-likeness (QED) is 0.203. The summed E-state index contributed by atoms with van der Waals surface area (Å²) in [4.78, 5) is 31.4. The van der Waals surface area contributed by atoms with Gasteiger partial charge in [0.05, 0.1) is 22.3 Å². The maximum Gasteiger partial charge on any atom is 0.265 e. The van der Waals surface area contributed by atoms with Crippen molar-refractivity contribution in [2.24, 2.45) is 5.92 Å². The van der Waals surface area contributed by atoms with E-state index in [4.69, 9.17) is 4.74 Å². The topological polar surface area (TPSA) is 103 Å². The van der Waals surface area contributed by atoms with Crippen LogP contribution >= 0.6 is 12.1 Å².